The molecule has 0 atom stereocenters. The van der Waals surface area contributed by atoms with Crippen molar-refractivity contribution >= 4 is 11.4 Å². The van der Waals surface area contributed by atoms with Crippen LogP contribution in [0.3, 0.4) is 0 Å². The molecule has 4 rings (SSSR count). The Hall–Kier alpha value is -3.74. The third-order valence-electron chi connectivity index (χ3n) is 4.66. The summed E-state index contributed by atoms with van der Waals surface area (Å²) in [6.07, 6.45) is 3.18. The Morgan fingerprint density at radius 3 is 2.48 bits per heavy atom. The Morgan fingerprint density at radius 1 is 1.00 bits per heavy atom. The molecule has 0 bridgehead atoms. The molecule has 0 radical (unpaired) electrons. The first-order chi connectivity index (χ1) is 14.2. The Balaban J connectivity index is 1.39. The van der Waals surface area contributed by atoms with Gasteiger partial charge in [0.2, 0.25) is 5.91 Å². The van der Waals surface area contributed by atoms with Gasteiger partial charge in [0.25, 0.3) is 5.56 Å². The first kappa shape index (κ1) is 18.6. The number of rotatable bonds is 7. The minimum Gasteiger partial charge on any atom is -0.354 e. The Labute approximate surface area is 167 Å². The van der Waals surface area contributed by atoms with Gasteiger partial charge in [0, 0.05) is 12.1 Å². The van der Waals surface area contributed by atoms with Crippen molar-refractivity contribution in [1.29, 1.82) is 0 Å². The normalized spacial score (nSPS) is 10.9. The number of amides is 1. The van der Waals surface area contributed by atoms with Crippen LogP contribution in [0.2, 0.25) is 0 Å². The summed E-state index contributed by atoms with van der Waals surface area (Å²) in [5.74, 6) is -0.236. The van der Waals surface area contributed by atoms with Gasteiger partial charge in [-0.25, -0.2) is 9.20 Å². The minimum absolute atomic E-state index is 0.119. The van der Waals surface area contributed by atoms with E-state index in [0.717, 1.165) is 23.1 Å². The predicted molar refractivity (Wildman–Crippen MR) is 110 cm³/mol. The van der Waals surface area contributed by atoms with E-state index < -0.39 is 0 Å². The van der Waals surface area contributed by atoms with Gasteiger partial charge in [0.15, 0.2) is 0 Å². The third kappa shape index (κ3) is 4.40. The lowest BCUT2D eigenvalue weighted by Crippen LogP contribution is -2.34. The molecule has 0 unspecified atom stereocenters. The van der Waals surface area contributed by atoms with Crippen molar-refractivity contribution in [2.24, 2.45) is 0 Å². The number of aryl methyl sites for hydroxylation is 1. The van der Waals surface area contributed by atoms with Crippen LogP contribution in [0.15, 0.2) is 77.9 Å². The maximum Gasteiger partial charge on any atom is 0.293 e. The van der Waals surface area contributed by atoms with E-state index in [1.54, 1.807) is 6.07 Å². The van der Waals surface area contributed by atoms with Gasteiger partial charge in [-0.3, -0.25) is 9.59 Å². The molecule has 0 spiro atoms. The second-order valence-electron chi connectivity index (χ2n) is 6.76. The van der Waals surface area contributed by atoms with Crippen molar-refractivity contribution in [3.8, 4) is 11.3 Å². The van der Waals surface area contributed by atoms with E-state index in [9.17, 15) is 9.59 Å². The zero-order valence-corrected chi connectivity index (χ0v) is 15.9. The summed E-state index contributed by atoms with van der Waals surface area (Å²) in [6.45, 7) is 0.433. The zero-order chi connectivity index (χ0) is 20.1. The van der Waals surface area contributed by atoms with E-state index in [4.69, 9.17) is 0 Å². The number of nitrogens with zero attached hydrogens (tertiary/aromatic N) is 4. The lowest BCUT2D eigenvalue weighted by molar-refractivity contribution is -0.121. The number of aromatic nitrogens is 4. The molecule has 146 valence electrons. The number of carbonyl (C=O) groups excluding carboxylic acids is 1. The molecule has 4 aromatic rings. The first-order valence-electron chi connectivity index (χ1n) is 9.52. The monoisotopic (exact) mass is 387 g/mol. The molecule has 0 saturated carbocycles. The van der Waals surface area contributed by atoms with Crippen LogP contribution in [0, 0.1) is 0 Å². The first-order valence-corrected chi connectivity index (χ1v) is 9.52. The Bertz CT molecular complexity index is 1170. The fourth-order valence-corrected chi connectivity index (χ4v) is 3.16. The van der Waals surface area contributed by atoms with E-state index in [-0.39, 0.29) is 18.0 Å². The standard InChI is InChI=1S/C22H21N5O2/c28-21(23-13-7-10-17-8-3-1-4-9-17)15-26-22(29)20-14-19(25-27(20)16-24-26)18-11-5-2-6-12-18/h1-6,8-9,11-12,14,16H,7,10,13,15H2,(H,23,28). The van der Waals surface area contributed by atoms with Crippen molar-refractivity contribution in [2.75, 3.05) is 6.54 Å². The molecular weight excluding hydrogens is 366 g/mol. The van der Waals surface area contributed by atoms with Gasteiger partial charge in [0.05, 0.1) is 5.69 Å². The average Bonchev–Trinajstić information content (AvgIpc) is 3.20. The second kappa shape index (κ2) is 8.52. The average molecular weight is 387 g/mol. The maximum absolute atomic E-state index is 12.7. The molecule has 29 heavy (non-hydrogen) atoms. The van der Waals surface area contributed by atoms with E-state index >= 15 is 0 Å². The summed E-state index contributed by atoms with van der Waals surface area (Å²) < 4.78 is 2.61. The van der Waals surface area contributed by atoms with Gasteiger partial charge in [0.1, 0.15) is 18.4 Å². The molecule has 2 heterocycles. The van der Waals surface area contributed by atoms with E-state index in [1.807, 2.05) is 48.5 Å². The highest BCUT2D eigenvalue weighted by Gasteiger charge is 2.12. The molecule has 0 aliphatic carbocycles. The fraction of sp³-hybridized carbons (Fsp3) is 0.182. The summed E-state index contributed by atoms with van der Waals surface area (Å²) in [6, 6.07) is 21.4. The van der Waals surface area contributed by atoms with E-state index in [0.29, 0.717) is 17.8 Å². The molecule has 7 heteroatoms. The molecule has 0 fully saturated rings. The summed E-state index contributed by atoms with van der Waals surface area (Å²) >= 11 is 0. The van der Waals surface area contributed by atoms with Crippen molar-refractivity contribution < 1.29 is 4.79 Å². The number of hydrogen-bond donors (Lipinski definition) is 1. The molecule has 2 aromatic carbocycles. The van der Waals surface area contributed by atoms with Crippen molar-refractivity contribution in [3.05, 3.63) is 89.0 Å². The SMILES string of the molecule is O=C(Cn1ncn2nc(-c3ccccc3)cc2c1=O)NCCCc1ccccc1. The third-order valence-corrected chi connectivity index (χ3v) is 4.66. The number of carbonyl (C=O) groups is 1. The molecule has 7 nitrogen and oxygen atoms in total. The van der Waals surface area contributed by atoms with Crippen LogP contribution in [0.4, 0.5) is 0 Å². The fourth-order valence-electron chi connectivity index (χ4n) is 3.16. The summed E-state index contributed by atoms with van der Waals surface area (Å²) in [5, 5.41) is 11.3. The van der Waals surface area contributed by atoms with Crippen LogP contribution in [-0.4, -0.2) is 31.8 Å². The molecule has 1 amide bonds. The quantitative estimate of drug-likeness (QED) is 0.494. The van der Waals surface area contributed by atoms with Gasteiger partial charge in [-0.05, 0) is 24.5 Å². The van der Waals surface area contributed by atoms with E-state index in [2.05, 4.69) is 27.6 Å². The van der Waals surface area contributed by atoms with Crippen LogP contribution in [0.1, 0.15) is 12.0 Å². The van der Waals surface area contributed by atoms with Crippen molar-refractivity contribution in [2.45, 2.75) is 19.4 Å². The number of hydrogen-bond acceptors (Lipinski definition) is 4. The van der Waals surface area contributed by atoms with Crippen LogP contribution >= 0.6 is 0 Å². The maximum atomic E-state index is 12.7. The van der Waals surface area contributed by atoms with Gasteiger partial charge < -0.3 is 5.32 Å². The topological polar surface area (TPSA) is 81.3 Å². The van der Waals surface area contributed by atoms with Crippen LogP contribution in [-0.2, 0) is 17.8 Å². The van der Waals surface area contributed by atoms with Gasteiger partial charge in [-0.2, -0.15) is 10.2 Å². The summed E-state index contributed by atoms with van der Waals surface area (Å²) in [7, 11) is 0. The molecule has 0 aliphatic heterocycles. The summed E-state index contributed by atoms with van der Waals surface area (Å²) in [4.78, 5) is 24.9. The van der Waals surface area contributed by atoms with Gasteiger partial charge >= 0.3 is 0 Å². The molecular formula is C22H21N5O2. The molecule has 0 aliphatic rings. The Kier molecular flexibility index (Phi) is 5.47. The van der Waals surface area contributed by atoms with Gasteiger partial charge in [-0.15, -0.1) is 0 Å². The van der Waals surface area contributed by atoms with Gasteiger partial charge in [-0.1, -0.05) is 60.7 Å². The molecule has 1 N–H and O–H groups in total. The number of benzene rings is 2. The van der Waals surface area contributed by atoms with Crippen LogP contribution < -0.4 is 10.9 Å². The smallest absolute Gasteiger partial charge is 0.293 e. The van der Waals surface area contributed by atoms with Crippen molar-refractivity contribution in [1.82, 2.24) is 24.7 Å². The lowest BCUT2D eigenvalue weighted by atomic mass is 10.1. The minimum atomic E-state index is -0.346. The highest BCUT2D eigenvalue weighted by molar-refractivity contribution is 5.75. The second-order valence-corrected chi connectivity index (χ2v) is 6.76. The molecule has 0 saturated heterocycles. The lowest BCUT2D eigenvalue weighted by Gasteiger charge is -2.07. The Morgan fingerprint density at radius 2 is 1.72 bits per heavy atom. The summed E-state index contributed by atoms with van der Waals surface area (Å²) in [5.41, 5.74) is 2.88. The largest absolute Gasteiger partial charge is 0.354 e. The number of nitrogens with one attached hydrogen (secondary N) is 1. The predicted octanol–water partition coefficient (Wildman–Crippen LogP) is 2.31. The van der Waals surface area contributed by atoms with Crippen LogP contribution in [0.25, 0.3) is 16.8 Å². The number of fused-ring (bicyclic) bond motifs is 1. The molecule has 2 aromatic heterocycles. The van der Waals surface area contributed by atoms with Crippen LogP contribution in [0.5, 0.6) is 0 Å². The highest BCUT2D eigenvalue weighted by atomic mass is 16.2. The van der Waals surface area contributed by atoms with Crippen molar-refractivity contribution in [3.63, 3.8) is 0 Å². The highest BCUT2D eigenvalue weighted by Crippen LogP contribution is 2.17. The van der Waals surface area contributed by atoms with E-state index in [1.165, 1.54) is 16.4 Å². The zero-order valence-electron chi connectivity index (χ0n) is 15.9.